The molecule has 2 unspecified atom stereocenters. The molecule has 4 rings (SSSR count). The molecule has 5 nitrogen and oxygen atoms in total. The van der Waals surface area contributed by atoms with E-state index in [2.05, 4.69) is 53.6 Å². The van der Waals surface area contributed by atoms with Crippen molar-refractivity contribution >= 4 is 29.9 Å². The zero-order valence-electron chi connectivity index (χ0n) is 18.6. The third kappa shape index (κ3) is 6.57. The van der Waals surface area contributed by atoms with Gasteiger partial charge in [0, 0.05) is 50.8 Å². The minimum atomic E-state index is 0. The highest BCUT2D eigenvalue weighted by Crippen LogP contribution is 2.34. The molecule has 0 aromatic heterocycles. The lowest BCUT2D eigenvalue weighted by Crippen LogP contribution is -2.49. The number of piperidine rings is 1. The molecule has 0 bridgehead atoms. The molecule has 0 spiro atoms. The van der Waals surface area contributed by atoms with Gasteiger partial charge in [-0.25, -0.2) is 0 Å². The number of benzene rings is 1. The Morgan fingerprint density at radius 1 is 1.10 bits per heavy atom. The van der Waals surface area contributed by atoms with Gasteiger partial charge in [0.05, 0.1) is 6.10 Å². The Kier molecular flexibility index (Phi) is 9.26. The van der Waals surface area contributed by atoms with Crippen molar-refractivity contribution in [2.24, 2.45) is 10.9 Å². The van der Waals surface area contributed by atoms with Crippen LogP contribution in [0.2, 0.25) is 0 Å². The summed E-state index contributed by atoms with van der Waals surface area (Å²) in [6.07, 6.45) is 7.74. The van der Waals surface area contributed by atoms with Gasteiger partial charge in [0.2, 0.25) is 0 Å². The zero-order chi connectivity index (χ0) is 20.1. The summed E-state index contributed by atoms with van der Waals surface area (Å²) in [6, 6.07) is 10.2. The molecule has 30 heavy (non-hydrogen) atoms. The number of likely N-dealkylation sites (tertiary alicyclic amines) is 1. The summed E-state index contributed by atoms with van der Waals surface area (Å²) in [4.78, 5) is 7.67. The molecule has 1 aliphatic carbocycles. The molecular weight excluding hydrogens is 487 g/mol. The van der Waals surface area contributed by atoms with Gasteiger partial charge < -0.3 is 20.3 Å². The van der Waals surface area contributed by atoms with Crippen LogP contribution in [0, 0.1) is 12.8 Å². The maximum absolute atomic E-state index is 6.18. The normalized spacial score (nSPS) is 26.1. The lowest BCUT2D eigenvalue weighted by atomic mass is 9.89. The summed E-state index contributed by atoms with van der Waals surface area (Å²) in [7, 11) is 0. The smallest absolute Gasteiger partial charge is 0.191 e. The molecule has 2 saturated heterocycles. The predicted octanol–water partition coefficient (Wildman–Crippen LogP) is 4.26. The molecule has 1 aromatic carbocycles. The highest BCUT2D eigenvalue weighted by Gasteiger charge is 2.32. The summed E-state index contributed by atoms with van der Waals surface area (Å²) < 4.78 is 6.18. The Labute approximate surface area is 199 Å². The fraction of sp³-hybridized carbons (Fsp3) is 0.708. The van der Waals surface area contributed by atoms with Gasteiger partial charge in [-0.1, -0.05) is 29.8 Å². The zero-order valence-corrected chi connectivity index (χ0v) is 20.9. The van der Waals surface area contributed by atoms with Gasteiger partial charge in [0.25, 0.3) is 0 Å². The predicted molar refractivity (Wildman–Crippen MR) is 135 cm³/mol. The monoisotopic (exact) mass is 526 g/mol. The van der Waals surface area contributed by atoms with Crippen LogP contribution in [0.25, 0.3) is 0 Å². The number of aryl methyl sites for hydroxylation is 1. The number of aliphatic imine (C=N–C) groups is 1. The molecule has 0 radical (unpaired) electrons. The molecule has 2 N–H and O–H groups in total. The van der Waals surface area contributed by atoms with Gasteiger partial charge in [0.1, 0.15) is 0 Å². The summed E-state index contributed by atoms with van der Waals surface area (Å²) >= 11 is 0. The molecule has 2 aliphatic heterocycles. The fourth-order valence-corrected chi connectivity index (χ4v) is 4.73. The Balaban J connectivity index is 0.00000256. The second-order valence-electron chi connectivity index (χ2n) is 9.01. The van der Waals surface area contributed by atoms with Crippen LogP contribution in [0.1, 0.15) is 62.7 Å². The molecule has 168 valence electrons. The second kappa shape index (κ2) is 11.7. The molecule has 6 heteroatoms. The van der Waals surface area contributed by atoms with Crippen molar-refractivity contribution in [3.8, 4) is 0 Å². The number of hydrogen-bond donors (Lipinski definition) is 2. The van der Waals surface area contributed by atoms with Crippen LogP contribution in [0.3, 0.4) is 0 Å². The maximum atomic E-state index is 6.18. The number of guanidine groups is 1. The summed E-state index contributed by atoms with van der Waals surface area (Å²) in [5.41, 5.74) is 2.59. The topological polar surface area (TPSA) is 48.9 Å². The molecule has 1 saturated carbocycles. The number of ether oxygens (including phenoxy) is 1. The highest BCUT2D eigenvalue weighted by molar-refractivity contribution is 14.0. The van der Waals surface area contributed by atoms with Crippen molar-refractivity contribution < 1.29 is 4.74 Å². The van der Waals surface area contributed by atoms with Crippen LogP contribution in [-0.2, 0) is 4.74 Å². The van der Waals surface area contributed by atoms with Crippen LogP contribution in [0.15, 0.2) is 29.3 Å². The van der Waals surface area contributed by atoms with Crippen molar-refractivity contribution in [2.45, 2.75) is 70.6 Å². The van der Waals surface area contributed by atoms with E-state index in [0.717, 1.165) is 38.1 Å². The third-order valence-electron chi connectivity index (χ3n) is 6.61. The molecule has 0 amide bonds. The number of halogens is 1. The second-order valence-corrected chi connectivity index (χ2v) is 9.01. The lowest BCUT2D eigenvalue weighted by molar-refractivity contribution is -0.0250. The van der Waals surface area contributed by atoms with Crippen molar-refractivity contribution in [3.05, 3.63) is 35.4 Å². The van der Waals surface area contributed by atoms with E-state index in [1.165, 1.54) is 56.3 Å². The van der Waals surface area contributed by atoms with E-state index in [4.69, 9.17) is 9.73 Å². The minimum absolute atomic E-state index is 0. The first kappa shape index (κ1) is 23.8. The van der Waals surface area contributed by atoms with Crippen molar-refractivity contribution in [1.29, 1.82) is 0 Å². The summed E-state index contributed by atoms with van der Waals surface area (Å²) in [5, 5.41) is 7.17. The quantitative estimate of drug-likeness (QED) is 0.331. The third-order valence-corrected chi connectivity index (χ3v) is 6.61. The van der Waals surface area contributed by atoms with Crippen LogP contribution < -0.4 is 10.6 Å². The maximum Gasteiger partial charge on any atom is 0.191 e. The molecule has 2 atom stereocenters. The molecule has 1 aromatic rings. The molecule has 2 heterocycles. The van der Waals surface area contributed by atoms with Gasteiger partial charge in [-0.2, -0.15) is 0 Å². The van der Waals surface area contributed by atoms with E-state index >= 15 is 0 Å². The number of nitrogens with one attached hydrogen (secondary N) is 2. The van der Waals surface area contributed by atoms with Crippen LogP contribution in [0.4, 0.5) is 0 Å². The van der Waals surface area contributed by atoms with Crippen LogP contribution in [0.5, 0.6) is 0 Å². The summed E-state index contributed by atoms with van der Waals surface area (Å²) in [5.74, 6) is 1.42. The number of hydrogen-bond acceptors (Lipinski definition) is 3. The Morgan fingerprint density at radius 2 is 1.83 bits per heavy atom. The largest absolute Gasteiger partial charge is 0.373 e. The van der Waals surface area contributed by atoms with E-state index in [1.54, 1.807) is 0 Å². The first-order chi connectivity index (χ1) is 14.2. The average molecular weight is 527 g/mol. The highest BCUT2D eigenvalue weighted by atomic mass is 127. The number of rotatable bonds is 6. The Bertz CT molecular complexity index is 668. The lowest BCUT2D eigenvalue weighted by Gasteiger charge is -2.33. The Morgan fingerprint density at radius 3 is 2.50 bits per heavy atom. The van der Waals surface area contributed by atoms with Crippen molar-refractivity contribution in [2.75, 3.05) is 32.8 Å². The van der Waals surface area contributed by atoms with Gasteiger partial charge in [-0.15, -0.1) is 24.0 Å². The summed E-state index contributed by atoms with van der Waals surface area (Å²) in [6.45, 7) is 9.31. The van der Waals surface area contributed by atoms with Crippen LogP contribution >= 0.6 is 24.0 Å². The number of nitrogens with zero attached hydrogens (tertiary/aromatic N) is 2. The van der Waals surface area contributed by atoms with E-state index in [9.17, 15) is 0 Å². The van der Waals surface area contributed by atoms with Gasteiger partial charge in [-0.3, -0.25) is 4.99 Å². The molecule has 3 fully saturated rings. The van der Waals surface area contributed by atoms with E-state index in [-0.39, 0.29) is 30.1 Å². The minimum Gasteiger partial charge on any atom is -0.373 e. The van der Waals surface area contributed by atoms with Crippen molar-refractivity contribution in [1.82, 2.24) is 15.5 Å². The van der Waals surface area contributed by atoms with E-state index in [0.29, 0.717) is 12.0 Å². The van der Waals surface area contributed by atoms with Crippen molar-refractivity contribution in [3.63, 3.8) is 0 Å². The van der Waals surface area contributed by atoms with Gasteiger partial charge in [0.15, 0.2) is 5.96 Å². The SMILES string of the molecule is CCNC(=NCC1CCCOC1c1ccc(C)cc1)NC1CCN(C2CC2)CC1.I. The van der Waals surface area contributed by atoms with Gasteiger partial charge >= 0.3 is 0 Å². The van der Waals surface area contributed by atoms with Crippen LogP contribution in [-0.4, -0.2) is 55.7 Å². The van der Waals surface area contributed by atoms with Gasteiger partial charge in [-0.05, 0) is 57.9 Å². The standard InChI is InChI=1S/C24H38N4O.HI/c1-3-25-24(27-21-12-14-28(15-13-21)22-10-11-22)26-17-20-5-4-16-29-23(20)19-8-6-18(2)7-9-19;/h6-9,20-23H,3-5,10-17H2,1-2H3,(H2,25,26,27);1H. The first-order valence-corrected chi connectivity index (χ1v) is 11.7. The van der Waals surface area contributed by atoms with E-state index < -0.39 is 0 Å². The molecule has 3 aliphatic rings. The molecular formula is C24H39IN4O. The fourth-order valence-electron chi connectivity index (χ4n) is 4.73. The average Bonchev–Trinajstić information content (AvgIpc) is 3.59. The van der Waals surface area contributed by atoms with E-state index in [1.807, 2.05) is 0 Å². The Hall–Kier alpha value is -0.860. The first-order valence-electron chi connectivity index (χ1n) is 11.7.